The number of imidazole rings is 1. The van der Waals surface area contributed by atoms with Crippen LogP contribution >= 0.6 is 0 Å². The van der Waals surface area contributed by atoms with Crippen LogP contribution in [0.3, 0.4) is 0 Å². The maximum atomic E-state index is 12.8. The van der Waals surface area contributed by atoms with Crippen LogP contribution in [0.4, 0.5) is 5.69 Å². The number of amides is 2. The number of nitrogens with one attached hydrogen (secondary N) is 2. The Hall–Kier alpha value is -2.87. The number of likely N-dealkylation sites (tertiary alicyclic amines) is 1. The molecular weight excluding hydrogens is 394 g/mol. The Morgan fingerprint density at radius 2 is 2.03 bits per heavy atom. The Morgan fingerprint density at radius 1 is 1.23 bits per heavy atom. The van der Waals surface area contributed by atoms with E-state index in [1.54, 1.807) is 6.20 Å². The molecule has 2 spiro atoms. The summed E-state index contributed by atoms with van der Waals surface area (Å²) in [5.74, 6) is 1.13. The Kier molecular flexibility index (Phi) is 4.97. The number of aromatic nitrogens is 2. The minimum Gasteiger partial charge on any atom is -0.370 e. The van der Waals surface area contributed by atoms with Crippen LogP contribution in [0.5, 0.6) is 0 Å². The minimum atomic E-state index is -0.574. The predicted molar refractivity (Wildman–Crippen MR) is 116 cm³/mol. The van der Waals surface area contributed by atoms with Crippen LogP contribution in [0.1, 0.15) is 48.8 Å². The van der Waals surface area contributed by atoms with E-state index >= 15 is 0 Å². The second-order valence-corrected chi connectivity index (χ2v) is 8.88. The summed E-state index contributed by atoms with van der Waals surface area (Å²) in [6, 6.07) is 7.56. The number of ether oxygens (including phenoxy) is 1. The smallest absolute Gasteiger partial charge is 0.255 e. The lowest BCUT2D eigenvalue weighted by molar-refractivity contribution is -0.136. The molecule has 3 aliphatic rings. The number of fused-ring (bicyclic) bond motifs is 1. The fourth-order valence-electron chi connectivity index (χ4n) is 5.17. The van der Waals surface area contributed by atoms with E-state index in [1.165, 1.54) is 0 Å². The third kappa shape index (κ3) is 3.69. The molecule has 2 saturated heterocycles. The molecule has 31 heavy (non-hydrogen) atoms. The molecule has 2 amide bonds. The van der Waals surface area contributed by atoms with Crippen LogP contribution in [0.2, 0.25) is 0 Å². The summed E-state index contributed by atoms with van der Waals surface area (Å²) in [5, 5.41) is 6.64. The summed E-state index contributed by atoms with van der Waals surface area (Å²) in [4.78, 5) is 31.6. The number of carbonyl (C=O) groups is 2. The quantitative estimate of drug-likeness (QED) is 0.787. The van der Waals surface area contributed by atoms with Crippen molar-refractivity contribution in [2.24, 2.45) is 0 Å². The number of aryl methyl sites for hydroxylation is 2. The maximum absolute atomic E-state index is 12.8. The van der Waals surface area contributed by atoms with Gasteiger partial charge in [-0.25, -0.2) is 4.98 Å². The summed E-state index contributed by atoms with van der Waals surface area (Å²) in [5.41, 5.74) is 0.641. The first-order valence-corrected chi connectivity index (χ1v) is 11.1. The van der Waals surface area contributed by atoms with E-state index in [4.69, 9.17) is 4.74 Å². The zero-order valence-electron chi connectivity index (χ0n) is 17.9. The molecule has 4 heterocycles. The molecule has 0 saturated carbocycles. The average molecular weight is 424 g/mol. The molecule has 1 aromatic heterocycles. The van der Waals surface area contributed by atoms with Crippen LogP contribution in [0.25, 0.3) is 0 Å². The molecule has 1 aromatic carbocycles. The van der Waals surface area contributed by atoms with Gasteiger partial charge in [-0.05, 0) is 25.0 Å². The summed E-state index contributed by atoms with van der Waals surface area (Å²) >= 11 is 0. The summed E-state index contributed by atoms with van der Waals surface area (Å²) < 4.78 is 8.35. The number of rotatable bonds is 4. The first kappa shape index (κ1) is 20.1. The van der Waals surface area contributed by atoms with Gasteiger partial charge in [-0.3, -0.25) is 9.59 Å². The number of piperidine rings is 1. The Morgan fingerprint density at radius 3 is 2.84 bits per heavy atom. The van der Waals surface area contributed by atoms with Crippen molar-refractivity contribution in [2.45, 2.75) is 56.8 Å². The van der Waals surface area contributed by atoms with Crippen molar-refractivity contribution in [3.8, 4) is 0 Å². The molecule has 5 rings (SSSR count). The summed E-state index contributed by atoms with van der Waals surface area (Å²) in [6.07, 6.45) is 7.34. The molecule has 0 bridgehead atoms. The first-order valence-electron chi connectivity index (χ1n) is 11.1. The highest BCUT2D eigenvalue weighted by Gasteiger charge is 2.53. The Balaban J connectivity index is 1.18. The monoisotopic (exact) mass is 423 g/mol. The normalized spacial score (nSPS) is 24.2. The van der Waals surface area contributed by atoms with Gasteiger partial charge in [0.05, 0.1) is 17.8 Å². The van der Waals surface area contributed by atoms with Crippen molar-refractivity contribution in [2.75, 3.05) is 25.0 Å². The maximum Gasteiger partial charge on any atom is 0.255 e. The summed E-state index contributed by atoms with van der Waals surface area (Å²) in [7, 11) is 0. The van der Waals surface area contributed by atoms with Gasteiger partial charge in [0.25, 0.3) is 5.91 Å². The van der Waals surface area contributed by atoms with Crippen LogP contribution in [-0.4, -0.2) is 57.2 Å². The number of hydrogen-bond acceptors (Lipinski definition) is 5. The molecule has 2 aromatic rings. The fraction of sp³-hybridized carbons (Fsp3) is 0.522. The molecule has 0 radical (unpaired) electrons. The average Bonchev–Trinajstić information content (AvgIpc) is 3.37. The number of anilines is 1. The molecule has 1 atom stereocenters. The van der Waals surface area contributed by atoms with Crippen molar-refractivity contribution >= 4 is 17.5 Å². The third-order valence-electron chi connectivity index (χ3n) is 6.86. The van der Waals surface area contributed by atoms with Crippen molar-refractivity contribution in [1.29, 1.82) is 0 Å². The van der Waals surface area contributed by atoms with Crippen molar-refractivity contribution < 1.29 is 14.3 Å². The second-order valence-electron chi connectivity index (χ2n) is 8.88. The van der Waals surface area contributed by atoms with Crippen LogP contribution < -0.4 is 10.6 Å². The van der Waals surface area contributed by atoms with E-state index in [1.807, 2.05) is 35.4 Å². The topological polar surface area (TPSA) is 88.5 Å². The Bertz CT molecular complexity index is 995. The lowest BCUT2D eigenvalue weighted by Crippen LogP contribution is -2.59. The molecule has 0 aliphatic carbocycles. The van der Waals surface area contributed by atoms with Gasteiger partial charge in [0.2, 0.25) is 5.91 Å². The molecule has 1 unspecified atom stereocenters. The summed E-state index contributed by atoms with van der Waals surface area (Å²) in [6.45, 7) is 4.54. The van der Waals surface area contributed by atoms with Crippen LogP contribution in [0.15, 0.2) is 36.7 Å². The molecule has 3 aliphatic heterocycles. The van der Waals surface area contributed by atoms with Gasteiger partial charge in [0.1, 0.15) is 11.5 Å². The number of nitrogens with zero attached hydrogens (tertiary/aromatic N) is 3. The Labute approximate surface area is 182 Å². The molecule has 2 N–H and O–H groups in total. The van der Waals surface area contributed by atoms with Gasteiger partial charge in [-0.15, -0.1) is 0 Å². The molecule has 2 fully saturated rings. The first-order chi connectivity index (χ1) is 15.0. The van der Waals surface area contributed by atoms with Crippen molar-refractivity contribution in [3.63, 3.8) is 0 Å². The number of para-hydroxylation sites is 1. The van der Waals surface area contributed by atoms with E-state index in [0.29, 0.717) is 44.6 Å². The van der Waals surface area contributed by atoms with Gasteiger partial charge in [-0.1, -0.05) is 19.1 Å². The molecule has 164 valence electrons. The lowest BCUT2D eigenvalue weighted by atomic mass is 9.84. The number of hydrogen-bond donors (Lipinski definition) is 2. The SMILES string of the molecule is CCc1nccn1CCC(=O)N1CCC2(CC1)CC1(CO2)NC(=O)c2ccccc2N1. The van der Waals surface area contributed by atoms with Gasteiger partial charge >= 0.3 is 0 Å². The molecule has 8 heteroatoms. The fourth-order valence-corrected chi connectivity index (χ4v) is 5.17. The molecular formula is C23H29N5O3. The third-order valence-corrected chi connectivity index (χ3v) is 6.86. The highest BCUT2D eigenvalue weighted by molar-refractivity contribution is 6.02. The molecule has 8 nitrogen and oxygen atoms in total. The zero-order valence-corrected chi connectivity index (χ0v) is 17.9. The number of benzene rings is 1. The van der Waals surface area contributed by atoms with Gasteiger partial charge in [0, 0.05) is 57.0 Å². The van der Waals surface area contributed by atoms with E-state index < -0.39 is 5.66 Å². The van der Waals surface area contributed by atoms with E-state index in [-0.39, 0.29) is 17.4 Å². The second kappa shape index (κ2) is 7.67. The van der Waals surface area contributed by atoms with Gasteiger partial charge in [0.15, 0.2) is 0 Å². The van der Waals surface area contributed by atoms with E-state index in [2.05, 4.69) is 27.1 Å². The van der Waals surface area contributed by atoms with E-state index in [0.717, 1.165) is 30.8 Å². The lowest BCUT2D eigenvalue weighted by Gasteiger charge is -2.41. The number of carbonyl (C=O) groups excluding carboxylic acids is 2. The standard InChI is InChI=1S/C23H29N5O3/c1-2-19-24-10-14-27(19)11-7-20(29)28-12-8-22(9-13-28)15-23(16-31-22)25-18-6-4-3-5-17(18)21(30)26-23/h3-6,10,14,25H,2,7-9,11-13,15-16H2,1H3,(H,26,30). The largest absolute Gasteiger partial charge is 0.370 e. The van der Waals surface area contributed by atoms with Crippen molar-refractivity contribution in [3.05, 3.63) is 48.0 Å². The highest BCUT2D eigenvalue weighted by Crippen LogP contribution is 2.42. The van der Waals surface area contributed by atoms with Crippen LogP contribution in [-0.2, 0) is 22.5 Å². The minimum absolute atomic E-state index is 0.0615. The van der Waals surface area contributed by atoms with E-state index in [9.17, 15) is 9.59 Å². The van der Waals surface area contributed by atoms with Gasteiger partial charge in [-0.2, -0.15) is 0 Å². The predicted octanol–water partition coefficient (Wildman–Crippen LogP) is 2.17. The highest BCUT2D eigenvalue weighted by atomic mass is 16.5. The van der Waals surface area contributed by atoms with Crippen LogP contribution in [0, 0.1) is 0 Å². The van der Waals surface area contributed by atoms with Gasteiger partial charge < -0.3 is 24.8 Å². The zero-order chi connectivity index (χ0) is 21.5. The van der Waals surface area contributed by atoms with Crippen molar-refractivity contribution in [1.82, 2.24) is 19.8 Å².